The second-order valence-corrected chi connectivity index (χ2v) is 6.57. The summed E-state index contributed by atoms with van der Waals surface area (Å²) in [6.07, 6.45) is 0.629. The molecule has 32 heavy (non-hydrogen) atoms. The summed E-state index contributed by atoms with van der Waals surface area (Å²) in [6, 6.07) is 10.1. The van der Waals surface area contributed by atoms with Crippen molar-refractivity contribution >= 4 is 29.6 Å². The fraction of sp³-hybridized carbons (Fsp3) is 0.238. The van der Waals surface area contributed by atoms with Gasteiger partial charge in [0.05, 0.1) is 25.4 Å². The van der Waals surface area contributed by atoms with Crippen LogP contribution < -0.4 is 16.0 Å². The second kappa shape index (κ2) is 11.7. The van der Waals surface area contributed by atoms with Gasteiger partial charge >= 0.3 is 18.0 Å². The highest BCUT2D eigenvalue weighted by atomic mass is 16.5. The molecule has 2 atom stereocenters. The summed E-state index contributed by atoms with van der Waals surface area (Å²) in [6.45, 7) is 0. The first-order valence-electron chi connectivity index (χ1n) is 9.40. The molecule has 1 heterocycles. The predicted octanol–water partition coefficient (Wildman–Crippen LogP) is 0.819. The highest BCUT2D eigenvalue weighted by Gasteiger charge is 2.29. The van der Waals surface area contributed by atoms with Gasteiger partial charge in [-0.1, -0.05) is 30.3 Å². The topological polar surface area (TPSA) is 171 Å². The van der Waals surface area contributed by atoms with Crippen molar-refractivity contribution in [1.82, 2.24) is 15.6 Å². The number of rotatable bonds is 9. The molecule has 0 aliphatic carbocycles. The monoisotopic (exact) mass is 439 g/mol. The number of aromatic nitrogens is 1. The molecule has 0 aliphatic heterocycles. The third kappa shape index (κ3) is 7.42. The SMILES string of the molecule is COC(=O)[C@H](Cc1ccccc1)NC(=O)[C@H](CC(=O)O)NC(=O)Nc1ccc(C#N)nc1. The fourth-order valence-corrected chi connectivity index (χ4v) is 2.70. The highest BCUT2D eigenvalue weighted by molar-refractivity contribution is 5.96. The second-order valence-electron chi connectivity index (χ2n) is 6.57. The Morgan fingerprint density at radius 3 is 2.38 bits per heavy atom. The molecule has 0 radical (unpaired) electrons. The van der Waals surface area contributed by atoms with Crippen LogP contribution in [0.25, 0.3) is 0 Å². The molecule has 2 aromatic rings. The molecular formula is C21H21N5O6. The summed E-state index contributed by atoms with van der Waals surface area (Å²) in [4.78, 5) is 52.1. The average molecular weight is 439 g/mol. The van der Waals surface area contributed by atoms with E-state index in [2.05, 4.69) is 20.9 Å². The highest BCUT2D eigenvalue weighted by Crippen LogP contribution is 2.07. The lowest BCUT2D eigenvalue weighted by Crippen LogP contribution is -2.53. The third-order valence-corrected chi connectivity index (χ3v) is 4.22. The number of carbonyl (C=O) groups excluding carboxylic acids is 3. The Hall–Kier alpha value is -4.46. The zero-order chi connectivity index (χ0) is 23.5. The molecule has 0 saturated carbocycles. The lowest BCUT2D eigenvalue weighted by atomic mass is 10.1. The van der Waals surface area contributed by atoms with Crippen molar-refractivity contribution in [2.75, 3.05) is 12.4 Å². The Morgan fingerprint density at radius 1 is 1.09 bits per heavy atom. The van der Waals surface area contributed by atoms with Crippen molar-refractivity contribution in [2.24, 2.45) is 0 Å². The van der Waals surface area contributed by atoms with Gasteiger partial charge in [0, 0.05) is 6.42 Å². The van der Waals surface area contributed by atoms with Crippen molar-refractivity contribution in [1.29, 1.82) is 5.26 Å². The molecule has 0 bridgehead atoms. The lowest BCUT2D eigenvalue weighted by molar-refractivity contribution is -0.145. The van der Waals surface area contributed by atoms with Gasteiger partial charge in [-0.25, -0.2) is 14.6 Å². The van der Waals surface area contributed by atoms with Crippen molar-refractivity contribution in [3.63, 3.8) is 0 Å². The maximum absolute atomic E-state index is 12.7. The normalized spacial score (nSPS) is 11.9. The first-order chi connectivity index (χ1) is 15.3. The molecule has 0 unspecified atom stereocenters. The number of carbonyl (C=O) groups is 4. The minimum absolute atomic E-state index is 0.113. The van der Waals surface area contributed by atoms with Crippen LogP contribution in [0.1, 0.15) is 17.7 Å². The first kappa shape index (κ1) is 23.8. The molecule has 3 amide bonds. The quantitative estimate of drug-likeness (QED) is 0.416. The number of carboxylic acids is 1. The van der Waals surface area contributed by atoms with Gasteiger partial charge in [-0.3, -0.25) is 9.59 Å². The first-order valence-corrected chi connectivity index (χ1v) is 9.40. The molecule has 4 N–H and O–H groups in total. The number of nitriles is 1. The summed E-state index contributed by atoms with van der Waals surface area (Å²) in [5.41, 5.74) is 1.12. The van der Waals surface area contributed by atoms with Crippen LogP contribution in [0.3, 0.4) is 0 Å². The summed E-state index contributed by atoms with van der Waals surface area (Å²) >= 11 is 0. The van der Waals surface area contributed by atoms with E-state index >= 15 is 0 Å². The molecule has 11 heteroatoms. The van der Waals surface area contributed by atoms with E-state index in [-0.39, 0.29) is 17.8 Å². The number of ether oxygens (including phenoxy) is 1. The molecule has 0 saturated heterocycles. The number of hydrogen-bond donors (Lipinski definition) is 4. The smallest absolute Gasteiger partial charge is 0.328 e. The standard InChI is InChI=1S/C21H21N5O6/c1-32-20(30)17(9-13-5-3-2-4-6-13)25-19(29)16(10-18(27)28)26-21(31)24-15-8-7-14(11-22)23-12-15/h2-8,12,16-17H,9-10H2,1H3,(H,25,29)(H,27,28)(H2,24,26,31)/t16-,17-/m0/s1. The Morgan fingerprint density at radius 2 is 1.81 bits per heavy atom. The average Bonchev–Trinajstić information content (AvgIpc) is 2.78. The van der Waals surface area contributed by atoms with Crippen molar-refractivity contribution in [2.45, 2.75) is 24.9 Å². The molecule has 166 valence electrons. The number of anilines is 1. The van der Waals surface area contributed by atoms with E-state index < -0.39 is 42.4 Å². The largest absolute Gasteiger partial charge is 0.481 e. The van der Waals surface area contributed by atoms with E-state index in [4.69, 9.17) is 15.1 Å². The van der Waals surface area contributed by atoms with Gasteiger partial charge in [0.15, 0.2) is 0 Å². The molecule has 1 aromatic carbocycles. The number of hydrogen-bond acceptors (Lipinski definition) is 7. The summed E-state index contributed by atoms with van der Waals surface area (Å²) in [5, 5.41) is 25.0. The van der Waals surface area contributed by atoms with Crippen LogP contribution in [0.4, 0.5) is 10.5 Å². The Balaban J connectivity index is 2.08. The zero-order valence-electron chi connectivity index (χ0n) is 17.1. The van der Waals surface area contributed by atoms with E-state index in [1.807, 2.05) is 6.07 Å². The van der Waals surface area contributed by atoms with E-state index in [1.165, 1.54) is 25.4 Å². The molecule has 0 aliphatic rings. The molecular weight excluding hydrogens is 418 g/mol. The number of urea groups is 1. The molecule has 0 fully saturated rings. The number of aliphatic carboxylic acids is 1. The van der Waals surface area contributed by atoms with Crippen LogP contribution in [-0.2, 0) is 25.5 Å². The van der Waals surface area contributed by atoms with Gasteiger partial charge in [-0.15, -0.1) is 0 Å². The van der Waals surface area contributed by atoms with E-state index in [1.54, 1.807) is 30.3 Å². The van der Waals surface area contributed by atoms with Crippen LogP contribution in [-0.4, -0.2) is 53.2 Å². The van der Waals surface area contributed by atoms with Crippen molar-refractivity contribution < 1.29 is 29.0 Å². The molecule has 2 rings (SSSR count). The van der Waals surface area contributed by atoms with Gasteiger partial charge < -0.3 is 25.8 Å². The van der Waals surface area contributed by atoms with Crippen LogP contribution >= 0.6 is 0 Å². The van der Waals surface area contributed by atoms with Crippen LogP contribution in [0, 0.1) is 11.3 Å². The van der Waals surface area contributed by atoms with E-state index in [0.717, 1.165) is 5.56 Å². The Bertz CT molecular complexity index is 1000. The number of benzene rings is 1. The maximum Gasteiger partial charge on any atom is 0.328 e. The molecule has 0 spiro atoms. The van der Waals surface area contributed by atoms with Crippen LogP contribution in [0.5, 0.6) is 0 Å². The van der Waals surface area contributed by atoms with Crippen molar-refractivity contribution in [3.05, 3.63) is 59.9 Å². The third-order valence-electron chi connectivity index (χ3n) is 4.22. The summed E-state index contributed by atoms with van der Waals surface area (Å²) < 4.78 is 4.73. The number of pyridine rings is 1. The summed E-state index contributed by atoms with van der Waals surface area (Å²) in [5.74, 6) is -2.92. The fourth-order valence-electron chi connectivity index (χ4n) is 2.70. The van der Waals surface area contributed by atoms with Gasteiger partial charge in [-0.05, 0) is 17.7 Å². The number of nitrogens with one attached hydrogen (secondary N) is 3. The van der Waals surface area contributed by atoms with Crippen LogP contribution in [0.2, 0.25) is 0 Å². The number of nitrogens with zero attached hydrogens (tertiary/aromatic N) is 2. The van der Waals surface area contributed by atoms with Crippen molar-refractivity contribution in [3.8, 4) is 6.07 Å². The molecule has 1 aromatic heterocycles. The number of esters is 1. The van der Waals surface area contributed by atoms with E-state index in [0.29, 0.717) is 0 Å². The number of carboxylic acid groups (broad SMARTS) is 1. The van der Waals surface area contributed by atoms with E-state index in [9.17, 15) is 19.2 Å². The molecule has 11 nitrogen and oxygen atoms in total. The number of methoxy groups -OCH3 is 1. The zero-order valence-corrected chi connectivity index (χ0v) is 17.1. The van der Waals surface area contributed by atoms with Gasteiger partial charge in [0.25, 0.3) is 0 Å². The maximum atomic E-state index is 12.7. The van der Waals surface area contributed by atoms with Gasteiger partial charge in [0.1, 0.15) is 23.8 Å². The number of amides is 3. The minimum atomic E-state index is -1.47. The van der Waals surface area contributed by atoms with Gasteiger partial charge in [-0.2, -0.15) is 5.26 Å². The minimum Gasteiger partial charge on any atom is -0.481 e. The Labute approximate surface area is 183 Å². The lowest BCUT2D eigenvalue weighted by Gasteiger charge is -2.21. The van der Waals surface area contributed by atoms with Crippen LogP contribution in [0.15, 0.2) is 48.7 Å². The van der Waals surface area contributed by atoms with Gasteiger partial charge in [0.2, 0.25) is 5.91 Å². The Kier molecular flexibility index (Phi) is 8.67. The predicted molar refractivity (Wildman–Crippen MR) is 111 cm³/mol. The summed E-state index contributed by atoms with van der Waals surface area (Å²) in [7, 11) is 1.17.